The van der Waals surface area contributed by atoms with Crippen molar-refractivity contribution in [1.29, 1.82) is 0 Å². The van der Waals surface area contributed by atoms with E-state index in [1.807, 2.05) is 0 Å². The molecule has 0 saturated heterocycles. The maximum absolute atomic E-state index is 5.83. The van der Waals surface area contributed by atoms with Crippen LogP contribution >= 0.6 is 0 Å². The lowest BCUT2D eigenvalue weighted by atomic mass is 10.0. The molecular formula is C20H32N2O. The van der Waals surface area contributed by atoms with Crippen LogP contribution in [0.5, 0.6) is 0 Å². The van der Waals surface area contributed by atoms with Gasteiger partial charge in [0.25, 0.3) is 0 Å². The molecule has 1 aromatic carbocycles. The molecule has 1 aromatic heterocycles. The lowest BCUT2D eigenvalue weighted by molar-refractivity contribution is 0.521. The normalized spacial score (nSPS) is 11.4. The van der Waals surface area contributed by atoms with E-state index < -0.39 is 0 Å². The summed E-state index contributed by atoms with van der Waals surface area (Å²) in [6, 6.07) is 6.44. The SMILES string of the molecule is CCCCCCCCCCc1ccc2nc(CCCN)oc2c1. The first-order valence-corrected chi connectivity index (χ1v) is 9.42. The molecule has 23 heavy (non-hydrogen) atoms. The molecule has 1 heterocycles. The monoisotopic (exact) mass is 316 g/mol. The van der Waals surface area contributed by atoms with Gasteiger partial charge in [0, 0.05) is 6.42 Å². The van der Waals surface area contributed by atoms with Crippen LogP contribution in [0.1, 0.15) is 76.2 Å². The van der Waals surface area contributed by atoms with Crippen molar-refractivity contribution in [2.75, 3.05) is 6.54 Å². The number of rotatable bonds is 12. The van der Waals surface area contributed by atoms with Crippen molar-refractivity contribution in [3.05, 3.63) is 29.7 Å². The molecule has 0 spiro atoms. The second kappa shape index (κ2) is 10.4. The van der Waals surface area contributed by atoms with E-state index in [2.05, 4.69) is 30.1 Å². The van der Waals surface area contributed by atoms with Crippen LogP contribution in [0.2, 0.25) is 0 Å². The highest BCUT2D eigenvalue weighted by atomic mass is 16.3. The van der Waals surface area contributed by atoms with E-state index in [4.69, 9.17) is 10.2 Å². The standard InChI is InChI=1S/C20H32N2O/c1-2-3-4-5-6-7-8-9-11-17-13-14-18-19(16-17)23-20(22-18)12-10-15-21/h13-14,16H,2-12,15,21H2,1H3. The molecule has 2 rings (SSSR count). The number of benzene rings is 1. The van der Waals surface area contributed by atoms with Gasteiger partial charge in [0.15, 0.2) is 11.5 Å². The molecule has 3 nitrogen and oxygen atoms in total. The maximum Gasteiger partial charge on any atom is 0.195 e. The number of nitrogens with two attached hydrogens (primary N) is 1. The van der Waals surface area contributed by atoms with Crippen molar-refractivity contribution in [2.45, 2.75) is 77.6 Å². The van der Waals surface area contributed by atoms with E-state index in [1.165, 1.54) is 56.9 Å². The Morgan fingerprint density at radius 2 is 1.65 bits per heavy atom. The number of hydrogen-bond acceptors (Lipinski definition) is 3. The van der Waals surface area contributed by atoms with E-state index >= 15 is 0 Å². The van der Waals surface area contributed by atoms with Gasteiger partial charge >= 0.3 is 0 Å². The van der Waals surface area contributed by atoms with Gasteiger partial charge in [-0.15, -0.1) is 0 Å². The highest BCUT2D eigenvalue weighted by Crippen LogP contribution is 2.20. The highest BCUT2D eigenvalue weighted by molar-refractivity contribution is 5.73. The Hall–Kier alpha value is -1.35. The predicted octanol–water partition coefficient (Wildman–Crippen LogP) is 5.40. The summed E-state index contributed by atoms with van der Waals surface area (Å²) in [4.78, 5) is 4.51. The van der Waals surface area contributed by atoms with Gasteiger partial charge in [0.2, 0.25) is 0 Å². The molecule has 0 aliphatic rings. The topological polar surface area (TPSA) is 52.0 Å². The molecule has 2 aromatic rings. The van der Waals surface area contributed by atoms with Gasteiger partial charge in [-0.2, -0.15) is 0 Å². The summed E-state index contributed by atoms with van der Waals surface area (Å²) in [5.74, 6) is 0.815. The van der Waals surface area contributed by atoms with Crippen LogP contribution in [0.15, 0.2) is 22.6 Å². The third kappa shape index (κ3) is 6.34. The largest absolute Gasteiger partial charge is 0.441 e. The Balaban J connectivity index is 1.71. The first-order chi connectivity index (χ1) is 11.3. The number of aromatic nitrogens is 1. The zero-order chi connectivity index (χ0) is 16.3. The minimum atomic E-state index is 0.683. The van der Waals surface area contributed by atoms with Crippen molar-refractivity contribution in [3.63, 3.8) is 0 Å². The number of hydrogen-bond donors (Lipinski definition) is 1. The van der Waals surface area contributed by atoms with Crippen LogP contribution in [0.25, 0.3) is 11.1 Å². The van der Waals surface area contributed by atoms with E-state index in [0.29, 0.717) is 6.54 Å². The van der Waals surface area contributed by atoms with Gasteiger partial charge in [0.05, 0.1) is 0 Å². The summed E-state index contributed by atoms with van der Waals surface area (Å²) in [7, 11) is 0. The third-order valence-electron chi connectivity index (χ3n) is 4.41. The van der Waals surface area contributed by atoms with Crippen molar-refractivity contribution in [1.82, 2.24) is 4.98 Å². The molecular weight excluding hydrogens is 284 g/mol. The van der Waals surface area contributed by atoms with Gasteiger partial charge < -0.3 is 10.2 Å². The molecule has 128 valence electrons. The number of unbranched alkanes of at least 4 members (excludes halogenated alkanes) is 7. The van der Waals surface area contributed by atoms with Crippen LogP contribution in [0, 0.1) is 0 Å². The van der Waals surface area contributed by atoms with Crippen LogP contribution in [0.4, 0.5) is 0 Å². The fourth-order valence-corrected chi connectivity index (χ4v) is 3.00. The van der Waals surface area contributed by atoms with Crippen molar-refractivity contribution in [2.24, 2.45) is 5.73 Å². The van der Waals surface area contributed by atoms with Gasteiger partial charge in [-0.25, -0.2) is 4.98 Å². The molecule has 3 heteroatoms. The van der Waals surface area contributed by atoms with Crippen LogP contribution < -0.4 is 5.73 Å². The first kappa shape index (κ1) is 18.0. The summed E-state index contributed by atoms with van der Waals surface area (Å²) < 4.78 is 5.83. The summed E-state index contributed by atoms with van der Waals surface area (Å²) in [6.07, 6.45) is 13.8. The highest BCUT2D eigenvalue weighted by Gasteiger charge is 2.06. The summed E-state index contributed by atoms with van der Waals surface area (Å²) >= 11 is 0. The van der Waals surface area contributed by atoms with Crippen LogP contribution in [-0.2, 0) is 12.8 Å². The van der Waals surface area contributed by atoms with E-state index in [1.54, 1.807) is 0 Å². The van der Waals surface area contributed by atoms with E-state index in [0.717, 1.165) is 36.3 Å². The minimum absolute atomic E-state index is 0.683. The van der Waals surface area contributed by atoms with Crippen molar-refractivity contribution in [3.8, 4) is 0 Å². The molecule has 0 atom stereocenters. The zero-order valence-corrected chi connectivity index (χ0v) is 14.7. The second-order valence-corrected chi connectivity index (χ2v) is 6.53. The van der Waals surface area contributed by atoms with Crippen LogP contribution in [0.3, 0.4) is 0 Å². The van der Waals surface area contributed by atoms with Gasteiger partial charge in [0.1, 0.15) is 5.52 Å². The lowest BCUT2D eigenvalue weighted by Gasteiger charge is -2.02. The van der Waals surface area contributed by atoms with Crippen molar-refractivity contribution >= 4 is 11.1 Å². The average molecular weight is 316 g/mol. The second-order valence-electron chi connectivity index (χ2n) is 6.53. The average Bonchev–Trinajstić information content (AvgIpc) is 2.97. The molecule has 2 N–H and O–H groups in total. The number of nitrogens with zero attached hydrogens (tertiary/aromatic N) is 1. The Kier molecular flexibility index (Phi) is 8.16. The predicted molar refractivity (Wildman–Crippen MR) is 97.7 cm³/mol. The molecule has 0 radical (unpaired) electrons. The fraction of sp³-hybridized carbons (Fsp3) is 0.650. The zero-order valence-electron chi connectivity index (χ0n) is 14.7. The minimum Gasteiger partial charge on any atom is -0.441 e. The summed E-state index contributed by atoms with van der Waals surface area (Å²) in [5.41, 5.74) is 8.80. The molecule has 0 fully saturated rings. The number of aryl methyl sites for hydroxylation is 2. The van der Waals surface area contributed by atoms with Crippen molar-refractivity contribution < 1.29 is 4.42 Å². The Morgan fingerprint density at radius 3 is 2.39 bits per heavy atom. The summed E-state index contributed by atoms with van der Waals surface area (Å²) in [5, 5.41) is 0. The van der Waals surface area contributed by atoms with Gasteiger partial charge in [-0.1, -0.05) is 57.9 Å². The Labute approximate surface area is 140 Å². The lowest BCUT2D eigenvalue weighted by Crippen LogP contribution is -2.00. The Bertz CT molecular complexity index is 562. The maximum atomic E-state index is 5.83. The first-order valence-electron chi connectivity index (χ1n) is 9.42. The number of fused-ring (bicyclic) bond motifs is 1. The Morgan fingerprint density at radius 1 is 0.913 bits per heavy atom. The quantitative estimate of drug-likeness (QED) is 0.533. The van der Waals surface area contributed by atoms with E-state index in [-0.39, 0.29) is 0 Å². The molecule has 0 amide bonds. The molecule has 0 unspecified atom stereocenters. The van der Waals surface area contributed by atoms with Crippen LogP contribution in [-0.4, -0.2) is 11.5 Å². The van der Waals surface area contributed by atoms with Gasteiger partial charge in [-0.3, -0.25) is 0 Å². The van der Waals surface area contributed by atoms with E-state index in [9.17, 15) is 0 Å². The van der Waals surface area contributed by atoms with Gasteiger partial charge in [-0.05, 0) is 43.5 Å². The molecule has 0 aliphatic heterocycles. The summed E-state index contributed by atoms with van der Waals surface area (Å²) in [6.45, 7) is 2.95. The smallest absolute Gasteiger partial charge is 0.195 e. The molecule has 0 saturated carbocycles. The fourth-order valence-electron chi connectivity index (χ4n) is 3.00. The molecule has 0 bridgehead atoms. The third-order valence-corrected chi connectivity index (χ3v) is 4.41. The molecule has 0 aliphatic carbocycles. The number of oxazole rings is 1.